The van der Waals surface area contributed by atoms with E-state index in [2.05, 4.69) is 34.3 Å². The van der Waals surface area contributed by atoms with Crippen LogP contribution in [0.15, 0.2) is 48.8 Å². The van der Waals surface area contributed by atoms with Crippen LogP contribution >= 0.6 is 0 Å². The fourth-order valence-electron chi connectivity index (χ4n) is 4.39. The van der Waals surface area contributed by atoms with E-state index in [1.54, 1.807) is 7.11 Å². The molecule has 0 bridgehead atoms. The highest BCUT2D eigenvalue weighted by molar-refractivity contribution is 5.92. The van der Waals surface area contributed by atoms with Gasteiger partial charge in [0.2, 0.25) is 5.91 Å². The first-order chi connectivity index (χ1) is 13.6. The number of aromatic nitrogens is 1. The van der Waals surface area contributed by atoms with Crippen molar-refractivity contribution in [2.45, 2.75) is 50.1 Å². The van der Waals surface area contributed by atoms with E-state index in [1.807, 2.05) is 36.7 Å². The number of benzene rings is 1. The Morgan fingerprint density at radius 2 is 1.86 bits per heavy atom. The zero-order valence-electron chi connectivity index (χ0n) is 16.7. The van der Waals surface area contributed by atoms with Crippen LogP contribution in [0.25, 0.3) is 0 Å². The Kier molecular flexibility index (Phi) is 5.36. The zero-order chi connectivity index (χ0) is 19.6. The van der Waals surface area contributed by atoms with Gasteiger partial charge in [0, 0.05) is 43.1 Å². The molecule has 0 radical (unpaired) electrons. The smallest absolute Gasteiger partial charge is 0.231 e. The maximum absolute atomic E-state index is 13.1. The minimum atomic E-state index is -0.395. The van der Waals surface area contributed by atoms with Gasteiger partial charge in [0.25, 0.3) is 0 Å². The molecule has 1 atom stereocenters. The van der Waals surface area contributed by atoms with Gasteiger partial charge in [-0.05, 0) is 56.4 Å². The first-order valence-corrected chi connectivity index (χ1v) is 10.2. The van der Waals surface area contributed by atoms with Crippen molar-refractivity contribution in [1.29, 1.82) is 0 Å². The van der Waals surface area contributed by atoms with Crippen LogP contribution in [0, 0.1) is 0 Å². The van der Waals surface area contributed by atoms with Gasteiger partial charge in [-0.1, -0.05) is 18.2 Å². The number of pyridine rings is 1. The number of nitrogens with zero attached hydrogens (tertiary/aromatic N) is 2. The van der Waals surface area contributed by atoms with Crippen molar-refractivity contribution < 1.29 is 9.53 Å². The molecule has 1 amide bonds. The van der Waals surface area contributed by atoms with E-state index in [1.165, 1.54) is 5.56 Å². The molecule has 0 spiro atoms. The van der Waals surface area contributed by atoms with Crippen LogP contribution in [0.4, 0.5) is 0 Å². The number of amides is 1. The van der Waals surface area contributed by atoms with Crippen LogP contribution < -0.4 is 10.1 Å². The molecule has 1 aromatic carbocycles. The predicted octanol–water partition coefficient (Wildman–Crippen LogP) is 3.46. The quantitative estimate of drug-likeness (QED) is 0.835. The molecular weight excluding hydrogens is 350 g/mol. The molecule has 4 rings (SSSR count). The second-order valence-electron chi connectivity index (χ2n) is 8.02. The number of likely N-dealkylation sites (tertiary alicyclic amines) is 1. The number of ether oxygens (including phenoxy) is 1. The molecule has 5 heteroatoms. The standard InChI is InChI=1S/C23H29N3O2/c1-17(18-7-13-24-14-8-18)26-15-9-19(10-16-26)25-22(27)23(11-12-23)20-5-3-4-6-21(20)28-2/h3-8,13-14,17,19H,9-12,15-16H2,1-2H3,(H,25,27). The number of carbonyl (C=O) groups excluding carboxylic acids is 1. The van der Waals surface area contributed by atoms with E-state index in [0.717, 1.165) is 50.1 Å². The Hall–Kier alpha value is -2.40. The second kappa shape index (κ2) is 7.92. The summed E-state index contributed by atoms with van der Waals surface area (Å²) in [6.45, 7) is 4.24. The normalized spacial score (nSPS) is 20.4. The van der Waals surface area contributed by atoms with Gasteiger partial charge in [-0.25, -0.2) is 0 Å². The van der Waals surface area contributed by atoms with E-state index in [0.29, 0.717) is 6.04 Å². The molecule has 5 nitrogen and oxygen atoms in total. The van der Waals surface area contributed by atoms with Crippen LogP contribution in [-0.2, 0) is 10.2 Å². The minimum Gasteiger partial charge on any atom is -0.496 e. The van der Waals surface area contributed by atoms with Crippen molar-refractivity contribution in [3.8, 4) is 5.75 Å². The average molecular weight is 380 g/mol. The fourth-order valence-corrected chi connectivity index (χ4v) is 4.39. The Morgan fingerprint density at radius 3 is 2.50 bits per heavy atom. The summed E-state index contributed by atoms with van der Waals surface area (Å²) in [5.41, 5.74) is 1.93. The maximum atomic E-state index is 13.1. The lowest BCUT2D eigenvalue weighted by molar-refractivity contribution is -0.124. The number of nitrogens with one attached hydrogen (secondary N) is 1. The highest BCUT2D eigenvalue weighted by atomic mass is 16.5. The molecule has 1 N–H and O–H groups in total. The van der Waals surface area contributed by atoms with Gasteiger partial charge in [-0.15, -0.1) is 0 Å². The lowest BCUT2D eigenvalue weighted by Crippen LogP contribution is -2.48. The van der Waals surface area contributed by atoms with Crippen LogP contribution in [0.1, 0.15) is 49.8 Å². The van der Waals surface area contributed by atoms with Gasteiger partial charge in [0.15, 0.2) is 0 Å². The number of rotatable bonds is 6. The van der Waals surface area contributed by atoms with Crippen molar-refractivity contribution in [3.63, 3.8) is 0 Å². The van der Waals surface area contributed by atoms with Crippen molar-refractivity contribution in [3.05, 3.63) is 59.9 Å². The molecule has 2 heterocycles. The molecule has 1 unspecified atom stereocenters. The van der Waals surface area contributed by atoms with Crippen molar-refractivity contribution in [1.82, 2.24) is 15.2 Å². The summed E-state index contributed by atoms with van der Waals surface area (Å²) in [5.74, 6) is 0.980. The molecular formula is C23H29N3O2. The number of hydrogen-bond acceptors (Lipinski definition) is 4. The molecule has 2 aliphatic rings. The Bertz CT molecular complexity index is 812. The van der Waals surface area contributed by atoms with E-state index in [-0.39, 0.29) is 11.9 Å². The first kappa shape index (κ1) is 18.9. The summed E-state index contributed by atoms with van der Waals surface area (Å²) >= 11 is 0. The van der Waals surface area contributed by atoms with Crippen LogP contribution in [0.3, 0.4) is 0 Å². The summed E-state index contributed by atoms with van der Waals surface area (Å²) in [4.78, 5) is 19.7. The molecule has 1 aliphatic carbocycles. The monoisotopic (exact) mass is 379 g/mol. The predicted molar refractivity (Wildman–Crippen MR) is 109 cm³/mol. The highest BCUT2D eigenvalue weighted by Crippen LogP contribution is 2.51. The van der Waals surface area contributed by atoms with Crippen LogP contribution in [0.5, 0.6) is 5.75 Å². The average Bonchev–Trinajstić information content (AvgIpc) is 3.56. The Labute approximate surface area is 167 Å². The summed E-state index contributed by atoms with van der Waals surface area (Å²) in [7, 11) is 1.67. The van der Waals surface area contributed by atoms with Gasteiger partial charge < -0.3 is 10.1 Å². The first-order valence-electron chi connectivity index (χ1n) is 10.2. The number of methoxy groups -OCH3 is 1. The number of piperidine rings is 1. The summed E-state index contributed by atoms with van der Waals surface area (Å²) < 4.78 is 5.50. The second-order valence-corrected chi connectivity index (χ2v) is 8.02. The minimum absolute atomic E-state index is 0.164. The SMILES string of the molecule is COc1ccccc1C1(C(=O)NC2CCN(C(C)c3ccncc3)CC2)CC1. The van der Waals surface area contributed by atoms with E-state index >= 15 is 0 Å². The molecule has 1 aromatic heterocycles. The zero-order valence-corrected chi connectivity index (χ0v) is 16.7. The highest BCUT2D eigenvalue weighted by Gasteiger charge is 2.53. The molecule has 28 heavy (non-hydrogen) atoms. The Morgan fingerprint density at radius 1 is 1.18 bits per heavy atom. The lowest BCUT2D eigenvalue weighted by atomic mass is 9.92. The molecule has 2 fully saturated rings. The number of carbonyl (C=O) groups is 1. The van der Waals surface area contributed by atoms with Gasteiger partial charge in [0.05, 0.1) is 12.5 Å². The topological polar surface area (TPSA) is 54.5 Å². The van der Waals surface area contributed by atoms with E-state index in [9.17, 15) is 4.79 Å². The van der Waals surface area contributed by atoms with Crippen LogP contribution in [0.2, 0.25) is 0 Å². The Balaban J connectivity index is 1.36. The molecule has 148 valence electrons. The van der Waals surface area contributed by atoms with E-state index < -0.39 is 5.41 Å². The number of para-hydroxylation sites is 1. The van der Waals surface area contributed by atoms with Gasteiger partial charge in [-0.3, -0.25) is 14.7 Å². The lowest BCUT2D eigenvalue weighted by Gasteiger charge is -2.37. The van der Waals surface area contributed by atoms with E-state index in [4.69, 9.17) is 4.74 Å². The van der Waals surface area contributed by atoms with Crippen molar-refractivity contribution >= 4 is 5.91 Å². The summed E-state index contributed by atoms with van der Waals surface area (Å²) in [6.07, 6.45) is 7.48. The van der Waals surface area contributed by atoms with Crippen LogP contribution in [-0.4, -0.2) is 42.0 Å². The molecule has 1 saturated heterocycles. The largest absolute Gasteiger partial charge is 0.496 e. The third-order valence-electron chi connectivity index (χ3n) is 6.41. The number of hydrogen-bond donors (Lipinski definition) is 1. The summed E-state index contributed by atoms with van der Waals surface area (Å²) in [6, 6.07) is 12.7. The molecule has 1 saturated carbocycles. The summed E-state index contributed by atoms with van der Waals surface area (Å²) in [5, 5.41) is 3.34. The van der Waals surface area contributed by atoms with Gasteiger partial charge in [0.1, 0.15) is 5.75 Å². The van der Waals surface area contributed by atoms with Crippen molar-refractivity contribution in [2.75, 3.05) is 20.2 Å². The third kappa shape index (κ3) is 3.63. The van der Waals surface area contributed by atoms with Gasteiger partial charge >= 0.3 is 0 Å². The third-order valence-corrected chi connectivity index (χ3v) is 6.41. The van der Waals surface area contributed by atoms with Gasteiger partial charge in [-0.2, -0.15) is 0 Å². The molecule has 1 aliphatic heterocycles. The van der Waals surface area contributed by atoms with Crippen molar-refractivity contribution in [2.24, 2.45) is 0 Å². The maximum Gasteiger partial charge on any atom is 0.231 e. The fraction of sp³-hybridized carbons (Fsp3) is 0.478. The molecule has 2 aromatic rings.